The fourth-order valence-electron chi connectivity index (χ4n) is 4.18. The fraction of sp³-hybridized carbons (Fsp3) is 0.923. The van der Waals surface area contributed by atoms with Crippen LogP contribution in [0.5, 0.6) is 0 Å². The van der Waals surface area contributed by atoms with Crippen molar-refractivity contribution in [2.75, 3.05) is 19.8 Å². The van der Waals surface area contributed by atoms with E-state index in [2.05, 4.69) is 19.1 Å². The Morgan fingerprint density at radius 2 is 1.35 bits per heavy atom. The largest absolute Gasteiger partial charge is 0.394 e. The highest BCUT2D eigenvalue weighted by molar-refractivity contribution is 4.89. The van der Waals surface area contributed by atoms with Crippen molar-refractivity contribution >= 4 is 0 Å². The molecule has 184 valence electrons. The summed E-state index contributed by atoms with van der Waals surface area (Å²) in [5, 5.41) is 28.7. The maximum absolute atomic E-state index is 9.91. The molecule has 0 saturated carbocycles. The predicted molar refractivity (Wildman–Crippen MR) is 127 cm³/mol. The van der Waals surface area contributed by atoms with Crippen LogP contribution in [0.3, 0.4) is 0 Å². The van der Waals surface area contributed by atoms with Crippen molar-refractivity contribution in [1.82, 2.24) is 0 Å². The first-order valence-corrected chi connectivity index (χ1v) is 13.1. The van der Waals surface area contributed by atoms with Crippen molar-refractivity contribution in [3.63, 3.8) is 0 Å². The van der Waals surface area contributed by atoms with Crippen LogP contribution in [0.1, 0.15) is 110 Å². The average Bonchev–Trinajstić information content (AvgIpc) is 3.15. The molecule has 0 spiro atoms. The molecule has 1 aliphatic heterocycles. The van der Waals surface area contributed by atoms with Crippen molar-refractivity contribution in [3.05, 3.63) is 12.2 Å². The molecule has 5 heteroatoms. The lowest BCUT2D eigenvalue weighted by Gasteiger charge is -2.23. The molecule has 1 aliphatic rings. The molecule has 0 aliphatic carbocycles. The van der Waals surface area contributed by atoms with Crippen LogP contribution in [0.2, 0.25) is 0 Å². The van der Waals surface area contributed by atoms with Gasteiger partial charge < -0.3 is 24.8 Å². The average molecular weight is 443 g/mol. The number of allylic oxidation sites excluding steroid dienone is 2. The maximum Gasteiger partial charge on any atom is 0.114 e. The summed E-state index contributed by atoms with van der Waals surface area (Å²) in [4.78, 5) is 0. The lowest BCUT2D eigenvalue weighted by molar-refractivity contribution is -0.0938. The van der Waals surface area contributed by atoms with Gasteiger partial charge in [0.1, 0.15) is 24.4 Å². The second-order valence-electron chi connectivity index (χ2n) is 9.10. The van der Waals surface area contributed by atoms with Crippen LogP contribution in [0.15, 0.2) is 12.2 Å². The molecule has 0 aromatic heterocycles. The molecule has 0 aromatic rings. The highest BCUT2D eigenvalue weighted by Gasteiger charge is 2.40. The third kappa shape index (κ3) is 14.3. The van der Waals surface area contributed by atoms with E-state index < -0.39 is 24.4 Å². The second kappa shape index (κ2) is 20.2. The van der Waals surface area contributed by atoms with Crippen molar-refractivity contribution in [2.45, 2.75) is 134 Å². The smallest absolute Gasteiger partial charge is 0.114 e. The van der Waals surface area contributed by atoms with Crippen LogP contribution in [-0.2, 0) is 9.47 Å². The van der Waals surface area contributed by atoms with Gasteiger partial charge >= 0.3 is 0 Å². The van der Waals surface area contributed by atoms with Gasteiger partial charge in [-0.05, 0) is 32.1 Å². The van der Waals surface area contributed by atoms with Gasteiger partial charge in [0.2, 0.25) is 0 Å². The number of ether oxygens (including phenoxy) is 2. The van der Waals surface area contributed by atoms with E-state index in [0.29, 0.717) is 6.61 Å². The standard InChI is InChI=1S/C26H50O5/c1-2-3-4-5-6-7-8-9-10-11-12-13-14-15-16-17-18-19-20-30-26-24(29)22-31-25(26)23(28)21-27/h6-7,23-29H,2-5,8-22H2,1H3/b7-6+/t23-,24+,25+,26+/m1/s1. The van der Waals surface area contributed by atoms with Gasteiger partial charge in [-0.3, -0.25) is 0 Å². The maximum atomic E-state index is 9.91. The first-order valence-electron chi connectivity index (χ1n) is 13.1. The molecule has 0 bridgehead atoms. The quantitative estimate of drug-likeness (QED) is 0.166. The zero-order valence-corrected chi connectivity index (χ0v) is 20.1. The summed E-state index contributed by atoms with van der Waals surface area (Å²) in [6.07, 6.45) is 22.5. The molecular weight excluding hydrogens is 392 g/mol. The summed E-state index contributed by atoms with van der Waals surface area (Å²) in [7, 11) is 0. The summed E-state index contributed by atoms with van der Waals surface area (Å²) in [5.41, 5.74) is 0. The molecule has 0 unspecified atom stereocenters. The number of aliphatic hydroxyl groups is 3. The van der Waals surface area contributed by atoms with Crippen molar-refractivity contribution in [2.24, 2.45) is 0 Å². The third-order valence-corrected chi connectivity index (χ3v) is 6.20. The number of rotatable bonds is 21. The zero-order valence-electron chi connectivity index (χ0n) is 20.1. The van der Waals surface area contributed by atoms with Gasteiger partial charge in [0.15, 0.2) is 0 Å². The van der Waals surface area contributed by atoms with Crippen molar-refractivity contribution in [3.8, 4) is 0 Å². The van der Waals surface area contributed by atoms with Gasteiger partial charge in [-0.1, -0.05) is 89.7 Å². The fourth-order valence-corrected chi connectivity index (χ4v) is 4.18. The minimum atomic E-state index is -1.00. The minimum Gasteiger partial charge on any atom is -0.394 e. The molecule has 5 nitrogen and oxygen atoms in total. The van der Waals surface area contributed by atoms with E-state index in [1.165, 1.54) is 89.9 Å². The van der Waals surface area contributed by atoms with Gasteiger partial charge in [-0.15, -0.1) is 0 Å². The van der Waals surface area contributed by atoms with Gasteiger partial charge in [0.25, 0.3) is 0 Å². The molecular formula is C26H50O5. The lowest BCUT2D eigenvalue weighted by atomic mass is 10.0. The Hall–Kier alpha value is -0.460. The first kappa shape index (κ1) is 28.6. The van der Waals surface area contributed by atoms with Crippen LogP contribution in [0.4, 0.5) is 0 Å². The third-order valence-electron chi connectivity index (χ3n) is 6.20. The molecule has 0 amide bonds. The van der Waals surface area contributed by atoms with Crippen molar-refractivity contribution < 1.29 is 24.8 Å². The number of hydrogen-bond acceptors (Lipinski definition) is 5. The second-order valence-corrected chi connectivity index (χ2v) is 9.10. The Balaban J connectivity index is 1.82. The van der Waals surface area contributed by atoms with E-state index in [9.17, 15) is 10.2 Å². The zero-order chi connectivity index (χ0) is 22.6. The molecule has 1 heterocycles. The monoisotopic (exact) mass is 442 g/mol. The van der Waals surface area contributed by atoms with Crippen LogP contribution in [0.25, 0.3) is 0 Å². The van der Waals surface area contributed by atoms with Gasteiger partial charge in [-0.25, -0.2) is 0 Å². The van der Waals surface area contributed by atoms with Crippen molar-refractivity contribution in [1.29, 1.82) is 0 Å². The van der Waals surface area contributed by atoms with E-state index in [4.69, 9.17) is 14.6 Å². The molecule has 3 N–H and O–H groups in total. The number of unbranched alkanes of at least 4 members (excludes halogenated alkanes) is 14. The Kier molecular flexibility index (Phi) is 18.6. The summed E-state index contributed by atoms with van der Waals surface area (Å²) in [6.45, 7) is 2.59. The Morgan fingerprint density at radius 1 is 0.839 bits per heavy atom. The van der Waals surface area contributed by atoms with Crippen LogP contribution < -0.4 is 0 Å². The highest BCUT2D eigenvalue weighted by atomic mass is 16.6. The Morgan fingerprint density at radius 3 is 1.90 bits per heavy atom. The molecule has 1 fully saturated rings. The molecule has 4 atom stereocenters. The van der Waals surface area contributed by atoms with Gasteiger partial charge in [-0.2, -0.15) is 0 Å². The number of hydrogen-bond donors (Lipinski definition) is 3. The van der Waals surface area contributed by atoms with Gasteiger partial charge in [0, 0.05) is 6.61 Å². The van der Waals surface area contributed by atoms with E-state index >= 15 is 0 Å². The van der Waals surface area contributed by atoms with E-state index in [0.717, 1.165) is 12.8 Å². The predicted octanol–water partition coefficient (Wildman–Crippen LogP) is 5.30. The molecule has 0 aromatic carbocycles. The Labute approximate surface area is 191 Å². The molecule has 1 rings (SSSR count). The van der Waals surface area contributed by atoms with E-state index in [-0.39, 0.29) is 13.2 Å². The molecule has 1 saturated heterocycles. The normalized spacial score (nSPS) is 22.5. The summed E-state index contributed by atoms with van der Waals surface area (Å²) in [5.74, 6) is 0. The Bertz CT molecular complexity index is 415. The summed E-state index contributed by atoms with van der Waals surface area (Å²) in [6, 6.07) is 0. The molecule has 31 heavy (non-hydrogen) atoms. The van der Waals surface area contributed by atoms with Gasteiger partial charge in [0.05, 0.1) is 13.2 Å². The minimum absolute atomic E-state index is 0.155. The summed E-state index contributed by atoms with van der Waals surface area (Å²) < 4.78 is 11.1. The summed E-state index contributed by atoms with van der Waals surface area (Å²) >= 11 is 0. The SMILES string of the molecule is CCCCC/C=C/CCCCCCCCCCCCCO[C@@H]1[C@H]([C@H](O)CO)OC[C@@H]1O. The topological polar surface area (TPSA) is 79.2 Å². The van der Waals surface area contributed by atoms with E-state index in [1.54, 1.807) is 0 Å². The lowest BCUT2D eigenvalue weighted by Crippen LogP contribution is -2.42. The van der Waals surface area contributed by atoms with Crippen LogP contribution in [-0.4, -0.2) is 59.6 Å². The first-order chi connectivity index (χ1) is 15.2. The highest BCUT2D eigenvalue weighted by Crippen LogP contribution is 2.21. The molecule has 0 radical (unpaired) electrons. The van der Waals surface area contributed by atoms with E-state index in [1.807, 2.05) is 0 Å². The van der Waals surface area contributed by atoms with Crippen LogP contribution >= 0.6 is 0 Å². The number of aliphatic hydroxyl groups excluding tert-OH is 3. The van der Waals surface area contributed by atoms with Crippen LogP contribution in [0, 0.1) is 0 Å².